The van der Waals surface area contributed by atoms with Gasteiger partial charge in [-0.25, -0.2) is 0 Å². The molecule has 6 aromatic heterocycles. The Morgan fingerprint density at radius 1 is 0.638 bits per heavy atom. The number of fused-ring (bicyclic) bond motifs is 2. The van der Waals surface area contributed by atoms with Crippen molar-refractivity contribution < 1.29 is 18.4 Å². The van der Waals surface area contributed by atoms with Gasteiger partial charge in [0.25, 0.3) is 0 Å². The summed E-state index contributed by atoms with van der Waals surface area (Å²) in [5.41, 5.74) is 3.99. The summed E-state index contributed by atoms with van der Waals surface area (Å²) >= 11 is 6.83. The summed E-state index contributed by atoms with van der Waals surface area (Å²) in [4.78, 5) is 43.3. The normalized spacial score (nSPS) is 13.6. The summed E-state index contributed by atoms with van der Waals surface area (Å²) < 4.78 is 18.8. The van der Waals surface area contributed by atoms with E-state index in [4.69, 9.17) is 8.85 Å². The van der Waals surface area contributed by atoms with Crippen molar-refractivity contribution in [2.24, 2.45) is 0 Å². The Bertz CT molecular complexity index is 2250. The maximum Gasteiger partial charge on any atom is 0.213 e. The number of nitrogens with zero attached hydrogens (tertiary/aromatic N) is 6. The third-order valence-corrected chi connectivity index (χ3v) is 21.6. The molecule has 0 aliphatic rings. The van der Waals surface area contributed by atoms with E-state index in [0.29, 0.717) is 35.7 Å². The van der Waals surface area contributed by atoms with Crippen molar-refractivity contribution in [1.29, 1.82) is 0 Å². The first kappa shape index (κ1) is 45.4. The van der Waals surface area contributed by atoms with E-state index in [-0.39, 0.29) is 33.7 Å². The zero-order chi connectivity index (χ0) is 42.8. The Morgan fingerprint density at radius 2 is 1.00 bits per heavy atom. The Hall–Kier alpha value is -3.67. The highest BCUT2D eigenvalue weighted by Crippen LogP contribution is 2.39. The fraction of sp³-hybridized carbons (Fsp3) is 0.409. The molecule has 0 aliphatic carbocycles. The monoisotopic (exact) mass is 946 g/mol. The van der Waals surface area contributed by atoms with E-state index in [1.165, 1.54) is 0 Å². The predicted molar refractivity (Wildman–Crippen MR) is 246 cm³/mol. The fourth-order valence-electron chi connectivity index (χ4n) is 5.87. The molecule has 0 amide bonds. The van der Waals surface area contributed by atoms with Gasteiger partial charge in [-0.1, -0.05) is 73.4 Å². The van der Waals surface area contributed by atoms with Crippen LogP contribution in [-0.2, 0) is 8.85 Å². The third-order valence-electron chi connectivity index (χ3n) is 11.6. The average Bonchev–Trinajstić information content (AvgIpc) is 3.75. The molecule has 0 saturated heterocycles. The molecule has 6 heterocycles. The molecule has 2 atom stereocenters. The Balaban J connectivity index is 0.000000221. The summed E-state index contributed by atoms with van der Waals surface area (Å²) in [5, 5.41) is 1.98. The second-order valence-electron chi connectivity index (χ2n) is 17.9. The molecule has 0 saturated carbocycles. The van der Waals surface area contributed by atoms with Gasteiger partial charge in [-0.05, 0) is 86.5 Å². The number of carbonyl (C=O) groups is 2. The molecule has 0 spiro atoms. The van der Waals surface area contributed by atoms with Crippen LogP contribution >= 0.6 is 31.9 Å². The largest absolute Gasteiger partial charge is 0.415 e. The first-order valence-corrected chi connectivity index (χ1v) is 26.9. The Morgan fingerprint density at radius 3 is 1.33 bits per heavy atom. The van der Waals surface area contributed by atoms with Crippen LogP contribution < -0.4 is 0 Å². The first-order valence-electron chi connectivity index (χ1n) is 19.5. The fourth-order valence-corrected chi connectivity index (χ4v) is 8.72. The van der Waals surface area contributed by atoms with Crippen LogP contribution in [0.4, 0.5) is 0 Å². The number of rotatable bonds is 12. The summed E-state index contributed by atoms with van der Waals surface area (Å²) in [7, 11) is -3.70. The second-order valence-corrected chi connectivity index (χ2v) is 29.4. The lowest BCUT2D eigenvalue weighted by atomic mass is 10.1. The molecule has 6 aromatic rings. The minimum absolute atomic E-state index is 0.0889. The summed E-state index contributed by atoms with van der Waals surface area (Å²) in [5.74, 6) is -0.221. The van der Waals surface area contributed by atoms with Crippen LogP contribution in [0.15, 0.2) is 94.9 Å². The van der Waals surface area contributed by atoms with Crippen LogP contribution in [-0.4, -0.2) is 70.5 Å². The summed E-state index contributed by atoms with van der Waals surface area (Å²) in [6.07, 6.45) is 14.1. The molecule has 58 heavy (non-hydrogen) atoms. The van der Waals surface area contributed by atoms with Gasteiger partial charge in [-0.3, -0.25) is 29.5 Å². The Kier molecular flexibility index (Phi) is 14.0. The highest BCUT2D eigenvalue weighted by Gasteiger charge is 2.38. The van der Waals surface area contributed by atoms with E-state index in [1.807, 2.05) is 36.7 Å². The van der Waals surface area contributed by atoms with Gasteiger partial charge in [0, 0.05) is 69.3 Å². The zero-order valence-corrected chi connectivity index (χ0v) is 40.9. The van der Waals surface area contributed by atoms with Crippen molar-refractivity contribution in [2.75, 3.05) is 13.2 Å². The van der Waals surface area contributed by atoms with Gasteiger partial charge < -0.3 is 18.0 Å². The highest BCUT2D eigenvalue weighted by atomic mass is 79.9. The summed E-state index contributed by atoms with van der Waals surface area (Å²) in [6.45, 7) is 27.9. The van der Waals surface area contributed by atoms with Crippen LogP contribution in [0, 0.1) is 0 Å². The molecule has 0 radical (unpaired) electrons. The molecule has 10 nitrogen and oxygen atoms in total. The van der Waals surface area contributed by atoms with Crippen molar-refractivity contribution in [2.45, 2.75) is 104 Å². The van der Waals surface area contributed by atoms with E-state index >= 15 is 0 Å². The maximum atomic E-state index is 13.1. The molecular formula is C44H56Br2N6O4Si2. The van der Waals surface area contributed by atoms with E-state index < -0.39 is 16.6 Å². The number of aromatic nitrogens is 6. The molecular weight excluding hydrogens is 893 g/mol. The molecule has 0 aromatic carbocycles. The van der Waals surface area contributed by atoms with Crippen LogP contribution in [0.2, 0.25) is 36.3 Å². The number of halogens is 2. The smallest absolute Gasteiger partial charge is 0.213 e. The van der Waals surface area contributed by atoms with Crippen molar-refractivity contribution in [3.8, 4) is 0 Å². The van der Waals surface area contributed by atoms with Gasteiger partial charge in [0.15, 0.2) is 16.6 Å². The van der Waals surface area contributed by atoms with Crippen molar-refractivity contribution in [3.05, 3.63) is 117 Å². The molecule has 308 valence electrons. The number of carbonyl (C=O) groups excluding carboxylic acids is 2. The van der Waals surface area contributed by atoms with Gasteiger partial charge in [-0.15, -0.1) is 0 Å². The predicted octanol–water partition coefficient (Wildman–Crippen LogP) is 12.0. The van der Waals surface area contributed by atoms with Gasteiger partial charge in [0.1, 0.15) is 11.4 Å². The molecule has 0 fully saturated rings. The number of pyridine rings is 4. The number of hydrogen-bond donors (Lipinski definition) is 0. The first-order chi connectivity index (χ1) is 27.0. The van der Waals surface area contributed by atoms with Gasteiger partial charge in [-0.2, -0.15) is 0 Å². The van der Waals surface area contributed by atoms with Crippen molar-refractivity contribution in [1.82, 2.24) is 29.1 Å². The van der Waals surface area contributed by atoms with Crippen molar-refractivity contribution in [3.63, 3.8) is 0 Å². The van der Waals surface area contributed by atoms with E-state index in [9.17, 15) is 9.59 Å². The van der Waals surface area contributed by atoms with Gasteiger partial charge >= 0.3 is 0 Å². The van der Waals surface area contributed by atoms with Crippen LogP contribution in [0.3, 0.4) is 0 Å². The van der Waals surface area contributed by atoms with Crippen LogP contribution in [0.25, 0.3) is 21.8 Å². The average molecular weight is 949 g/mol. The highest BCUT2D eigenvalue weighted by molar-refractivity contribution is 9.10. The van der Waals surface area contributed by atoms with E-state index in [1.54, 1.807) is 49.3 Å². The minimum Gasteiger partial charge on any atom is -0.415 e. The van der Waals surface area contributed by atoms with Gasteiger partial charge in [0.2, 0.25) is 11.6 Å². The number of ketones is 2. The molecule has 2 unspecified atom stereocenters. The second kappa shape index (κ2) is 17.9. The third kappa shape index (κ3) is 10.2. The topological polar surface area (TPSA) is 114 Å². The standard InChI is InChI=1S/2C22H28BrN3O2Si/c2*1-15(14-28-29(5,6)22(2,3)4)26-13-18(17-12-24-9-8-20(17)26)21(27)19-11-16(23)7-10-25-19/h2*7-13,15H,14H2,1-6H3. The van der Waals surface area contributed by atoms with Gasteiger partial charge in [0.05, 0.1) is 47.5 Å². The molecule has 0 bridgehead atoms. The lowest BCUT2D eigenvalue weighted by Crippen LogP contribution is -2.41. The summed E-state index contributed by atoms with van der Waals surface area (Å²) in [6, 6.07) is 11.2. The van der Waals surface area contributed by atoms with Crippen molar-refractivity contribution >= 4 is 81.9 Å². The SMILES string of the molecule is CC(CO[Si](C)(C)C(C)(C)C)n1cc(C(=O)c2cc(Br)ccn2)c2cnccc21.CC(CO[Si](C)(C)C(C)(C)C)n1cc(C(=O)c2cc(Br)ccn2)c2cnccc21. The molecule has 0 N–H and O–H groups in total. The van der Waals surface area contributed by atoms with E-state index in [0.717, 1.165) is 30.8 Å². The molecule has 14 heteroatoms. The lowest BCUT2D eigenvalue weighted by Gasteiger charge is -2.37. The molecule has 0 aliphatic heterocycles. The maximum absolute atomic E-state index is 13.1. The van der Waals surface area contributed by atoms with Crippen LogP contribution in [0.1, 0.15) is 99.6 Å². The quantitative estimate of drug-likeness (QED) is 0.0880. The lowest BCUT2D eigenvalue weighted by molar-refractivity contribution is 0.102. The van der Waals surface area contributed by atoms with Crippen LogP contribution in [0.5, 0.6) is 0 Å². The zero-order valence-electron chi connectivity index (χ0n) is 35.7. The molecule has 6 rings (SSSR count). The minimum atomic E-state index is -1.85. The Labute approximate surface area is 361 Å². The number of hydrogen-bond acceptors (Lipinski definition) is 8. The van der Waals surface area contributed by atoms with E-state index in [2.05, 4.69) is 143 Å².